The van der Waals surface area contributed by atoms with Crippen LogP contribution in [0.5, 0.6) is 11.6 Å². The van der Waals surface area contributed by atoms with Crippen LogP contribution in [0.2, 0.25) is 0 Å². The molecule has 0 fully saturated rings. The number of rotatable bonds is 5. The monoisotopic (exact) mass is 358 g/mol. The Kier molecular flexibility index (Phi) is 4.62. The number of ketones is 1. The molecule has 0 aliphatic carbocycles. The Hall–Kier alpha value is -3.53. The lowest BCUT2D eigenvalue weighted by molar-refractivity contribution is -0.661. The van der Waals surface area contributed by atoms with E-state index in [9.17, 15) is 9.18 Å². The third-order valence-corrected chi connectivity index (χ3v) is 4.35. The minimum absolute atomic E-state index is 0.0460. The van der Waals surface area contributed by atoms with Crippen LogP contribution in [0.3, 0.4) is 0 Å². The average Bonchev–Trinajstić information content (AvgIpc) is 2.72. The van der Waals surface area contributed by atoms with Gasteiger partial charge in [-0.2, -0.15) is 4.57 Å². The Balaban J connectivity index is 1.78. The lowest BCUT2D eigenvalue weighted by atomic mass is 10.1. The van der Waals surface area contributed by atoms with Gasteiger partial charge in [0.25, 0.3) is 0 Å². The zero-order chi connectivity index (χ0) is 18.6. The molecule has 0 spiro atoms. The Bertz CT molecular complexity index is 1110. The molecule has 0 saturated heterocycles. The third kappa shape index (κ3) is 3.55. The summed E-state index contributed by atoms with van der Waals surface area (Å²) in [6.07, 6.45) is 0. The number of halogens is 1. The number of aromatic nitrogens is 1. The van der Waals surface area contributed by atoms with Crippen molar-refractivity contribution in [3.63, 3.8) is 0 Å². The normalized spacial score (nSPS) is 10.7. The van der Waals surface area contributed by atoms with Crippen LogP contribution in [-0.2, 0) is 6.54 Å². The molecule has 0 amide bonds. The van der Waals surface area contributed by atoms with Gasteiger partial charge in [-0.1, -0.05) is 54.6 Å². The molecule has 27 heavy (non-hydrogen) atoms. The summed E-state index contributed by atoms with van der Waals surface area (Å²) in [6, 6.07) is 26.7. The lowest BCUT2D eigenvalue weighted by Gasteiger charge is -2.09. The Labute approximate surface area is 156 Å². The molecular weight excluding hydrogens is 341 g/mol. The number of carbonyl (C=O) groups is 1. The van der Waals surface area contributed by atoms with Gasteiger partial charge in [-0.15, -0.1) is 0 Å². The van der Waals surface area contributed by atoms with Gasteiger partial charge in [0.2, 0.25) is 17.8 Å². The number of nitrogens with zero attached hydrogens (tertiary/aromatic N) is 1. The van der Waals surface area contributed by atoms with Crippen molar-refractivity contribution >= 4 is 16.7 Å². The van der Waals surface area contributed by atoms with Crippen molar-refractivity contribution in [2.24, 2.45) is 0 Å². The summed E-state index contributed by atoms with van der Waals surface area (Å²) in [4.78, 5) is 12.8. The standard InChI is InChI=1S/C23H17FNO2/c24-19-11-5-7-13-22(19)27-23-15-14-17-8-4-6-12-20(17)25(23)16-21(26)18-9-2-1-3-10-18/h1-15H,16H2/q+1. The minimum Gasteiger partial charge on any atom is -0.402 e. The zero-order valence-electron chi connectivity index (χ0n) is 14.5. The Morgan fingerprint density at radius 1 is 0.815 bits per heavy atom. The van der Waals surface area contributed by atoms with Gasteiger partial charge in [0, 0.05) is 17.0 Å². The molecule has 132 valence electrons. The molecule has 0 aliphatic heterocycles. The second kappa shape index (κ2) is 7.38. The SMILES string of the molecule is O=C(C[n+]1c(Oc2ccccc2F)ccc2ccccc21)c1ccccc1. The van der Waals surface area contributed by atoms with Gasteiger partial charge in [-0.05, 0) is 24.3 Å². The fourth-order valence-electron chi connectivity index (χ4n) is 3.00. The number of carbonyl (C=O) groups excluding carboxylic acids is 1. The van der Waals surface area contributed by atoms with E-state index in [-0.39, 0.29) is 18.1 Å². The van der Waals surface area contributed by atoms with Crippen molar-refractivity contribution in [3.05, 3.63) is 102 Å². The minimum atomic E-state index is -0.452. The van der Waals surface area contributed by atoms with Crippen molar-refractivity contribution < 1.29 is 18.5 Å². The number of ether oxygens (including phenoxy) is 1. The van der Waals surface area contributed by atoms with E-state index < -0.39 is 5.82 Å². The maximum atomic E-state index is 14.0. The highest BCUT2D eigenvalue weighted by Crippen LogP contribution is 2.23. The maximum absolute atomic E-state index is 14.0. The van der Waals surface area contributed by atoms with Crippen LogP contribution >= 0.6 is 0 Å². The molecule has 4 heteroatoms. The molecule has 0 unspecified atom stereocenters. The summed E-state index contributed by atoms with van der Waals surface area (Å²) in [5, 5.41) is 0.972. The predicted molar refractivity (Wildman–Crippen MR) is 101 cm³/mol. The van der Waals surface area contributed by atoms with Gasteiger partial charge in [0.05, 0.1) is 6.07 Å². The van der Waals surface area contributed by atoms with Crippen molar-refractivity contribution in [2.45, 2.75) is 6.54 Å². The van der Waals surface area contributed by atoms with Crippen molar-refractivity contribution in [1.82, 2.24) is 0 Å². The van der Waals surface area contributed by atoms with E-state index in [1.807, 2.05) is 48.5 Å². The molecule has 1 heterocycles. The van der Waals surface area contributed by atoms with Crippen LogP contribution in [0.15, 0.2) is 91.0 Å². The van der Waals surface area contributed by atoms with Crippen LogP contribution in [0.25, 0.3) is 10.9 Å². The number of benzene rings is 3. The second-order valence-electron chi connectivity index (χ2n) is 6.14. The highest BCUT2D eigenvalue weighted by molar-refractivity contribution is 5.95. The summed E-state index contributed by atoms with van der Waals surface area (Å²) < 4.78 is 21.6. The summed E-state index contributed by atoms with van der Waals surface area (Å²) in [7, 11) is 0. The number of Topliss-reactive ketones (excluding diaryl/α,β-unsaturated/α-hetero) is 1. The molecule has 4 aromatic rings. The molecular formula is C23H17FNO2+. The number of pyridine rings is 1. The van der Waals surface area contributed by atoms with Crippen LogP contribution in [-0.4, -0.2) is 5.78 Å². The summed E-state index contributed by atoms with van der Waals surface area (Å²) >= 11 is 0. The van der Waals surface area contributed by atoms with Gasteiger partial charge < -0.3 is 4.74 Å². The van der Waals surface area contributed by atoms with Gasteiger partial charge in [0.1, 0.15) is 0 Å². The predicted octanol–water partition coefficient (Wildman–Crippen LogP) is 4.94. The van der Waals surface area contributed by atoms with E-state index in [2.05, 4.69) is 0 Å². The first-order chi connectivity index (χ1) is 13.2. The van der Waals surface area contributed by atoms with E-state index in [0.29, 0.717) is 11.4 Å². The highest BCUT2D eigenvalue weighted by atomic mass is 19.1. The smallest absolute Gasteiger partial charge is 0.374 e. The van der Waals surface area contributed by atoms with Crippen LogP contribution in [0, 0.1) is 5.82 Å². The van der Waals surface area contributed by atoms with Crippen LogP contribution in [0.4, 0.5) is 4.39 Å². The molecule has 0 saturated carbocycles. The average molecular weight is 358 g/mol. The van der Waals surface area contributed by atoms with Gasteiger partial charge in [-0.25, -0.2) is 4.39 Å². The molecule has 0 radical (unpaired) electrons. The van der Waals surface area contributed by atoms with E-state index in [1.165, 1.54) is 6.07 Å². The fourth-order valence-corrected chi connectivity index (χ4v) is 3.00. The van der Waals surface area contributed by atoms with Gasteiger partial charge in [0.15, 0.2) is 11.6 Å². The molecule has 0 atom stereocenters. The van der Waals surface area contributed by atoms with E-state index in [1.54, 1.807) is 41.0 Å². The fraction of sp³-hybridized carbons (Fsp3) is 0.0435. The third-order valence-electron chi connectivity index (χ3n) is 4.35. The number of hydrogen-bond donors (Lipinski definition) is 0. The zero-order valence-corrected chi connectivity index (χ0v) is 14.5. The van der Waals surface area contributed by atoms with Gasteiger partial charge in [-0.3, -0.25) is 4.79 Å². The quantitative estimate of drug-likeness (QED) is 0.374. The Morgan fingerprint density at radius 3 is 2.33 bits per heavy atom. The molecule has 0 bridgehead atoms. The van der Waals surface area contributed by atoms with Crippen molar-refractivity contribution in [1.29, 1.82) is 0 Å². The lowest BCUT2D eigenvalue weighted by Crippen LogP contribution is -2.40. The first-order valence-corrected chi connectivity index (χ1v) is 8.64. The van der Waals surface area contributed by atoms with Crippen LogP contribution < -0.4 is 9.30 Å². The molecule has 1 aromatic heterocycles. The topological polar surface area (TPSA) is 30.2 Å². The Morgan fingerprint density at radius 2 is 1.52 bits per heavy atom. The number of fused-ring (bicyclic) bond motifs is 1. The number of para-hydroxylation sites is 2. The largest absolute Gasteiger partial charge is 0.402 e. The molecule has 0 aliphatic rings. The van der Waals surface area contributed by atoms with E-state index in [0.717, 1.165) is 10.9 Å². The first-order valence-electron chi connectivity index (χ1n) is 8.64. The number of hydrogen-bond acceptors (Lipinski definition) is 2. The molecule has 4 rings (SSSR count). The first kappa shape index (κ1) is 16.9. The maximum Gasteiger partial charge on any atom is 0.374 e. The highest BCUT2D eigenvalue weighted by Gasteiger charge is 2.22. The van der Waals surface area contributed by atoms with E-state index in [4.69, 9.17) is 4.74 Å². The summed E-state index contributed by atoms with van der Waals surface area (Å²) in [5.74, 6) is 0.0266. The van der Waals surface area contributed by atoms with E-state index >= 15 is 0 Å². The van der Waals surface area contributed by atoms with Crippen molar-refractivity contribution in [2.75, 3.05) is 0 Å². The van der Waals surface area contributed by atoms with Crippen molar-refractivity contribution in [3.8, 4) is 11.6 Å². The van der Waals surface area contributed by atoms with Crippen LogP contribution in [0.1, 0.15) is 10.4 Å². The summed E-state index contributed by atoms with van der Waals surface area (Å²) in [6.45, 7) is 0.0924. The summed E-state index contributed by atoms with van der Waals surface area (Å²) in [5.41, 5.74) is 1.46. The molecule has 0 N–H and O–H groups in total. The molecule has 3 nitrogen and oxygen atoms in total. The second-order valence-corrected chi connectivity index (χ2v) is 6.14. The van der Waals surface area contributed by atoms with Gasteiger partial charge >= 0.3 is 5.88 Å². The molecule has 3 aromatic carbocycles.